The van der Waals surface area contributed by atoms with Gasteiger partial charge in [0.05, 0.1) is 17.6 Å². The van der Waals surface area contributed by atoms with Crippen LogP contribution >= 0.6 is 0 Å². The average molecular weight is 252 g/mol. The topological polar surface area (TPSA) is 73.6 Å². The fourth-order valence-corrected chi connectivity index (χ4v) is 1.82. The summed E-state index contributed by atoms with van der Waals surface area (Å²) in [7, 11) is 0. The molecular formula is C12H16N2O4. The normalized spacial score (nSPS) is 19.7. The average Bonchev–Trinajstić information content (AvgIpc) is 2.40. The van der Waals surface area contributed by atoms with Crippen LogP contribution in [0.15, 0.2) is 24.3 Å². The minimum atomic E-state index is -0.384. The van der Waals surface area contributed by atoms with Crippen molar-refractivity contribution in [1.82, 2.24) is 5.32 Å². The summed E-state index contributed by atoms with van der Waals surface area (Å²) < 4.78 is 10.5. The first-order valence-corrected chi connectivity index (χ1v) is 5.89. The lowest BCUT2D eigenvalue weighted by Gasteiger charge is -2.22. The zero-order valence-corrected chi connectivity index (χ0v) is 10.0. The molecule has 1 saturated heterocycles. The van der Waals surface area contributed by atoms with E-state index < -0.39 is 0 Å². The van der Waals surface area contributed by atoms with Crippen molar-refractivity contribution in [1.29, 1.82) is 0 Å². The van der Waals surface area contributed by atoms with Crippen LogP contribution in [0.5, 0.6) is 0 Å². The highest BCUT2D eigenvalue weighted by Gasteiger charge is 2.13. The fourth-order valence-electron chi connectivity index (χ4n) is 1.82. The van der Waals surface area contributed by atoms with E-state index in [-0.39, 0.29) is 16.7 Å². The van der Waals surface area contributed by atoms with Crippen molar-refractivity contribution in [2.24, 2.45) is 0 Å². The molecule has 1 aromatic rings. The number of nitrogens with one attached hydrogen (secondary N) is 1. The van der Waals surface area contributed by atoms with Gasteiger partial charge in [-0.1, -0.05) is 12.1 Å². The molecule has 1 fully saturated rings. The molecule has 1 aromatic carbocycles. The summed E-state index contributed by atoms with van der Waals surface area (Å²) in [5.41, 5.74) is 1.02. The molecule has 1 unspecified atom stereocenters. The third-order valence-corrected chi connectivity index (χ3v) is 2.79. The van der Waals surface area contributed by atoms with Gasteiger partial charge in [-0.3, -0.25) is 10.1 Å². The number of hydrogen-bond donors (Lipinski definition) is 1. The van der Waals surface area contributed by atoms with Crippen LogP contribution in [0, 0.1) is 10.1 Å². The lowest BCUT2D eigenvalue weighted by molar-refractivity contribution is -0.384. The molecule has 2 rings (SSSR count). The molecule has 98 valence electrons. The Morgan fingerprint density at radius 3 is 3.11 bits per heavy atom. The summed E-state index contributed by atoms with van der Waals surface area (Å²) in [5, 5.41) is 13.9. The van der Waals surface area contributed by atoms with E-state index in [0.29, 0.717) is 13.3 Å². The summed E-state index contributed by atoms with van der Waals surface area (Å²) in [4.78, 5) is 10.2. The predicted molar refractivity (Wildman–Crippen MR) is 65.1 cm³/mol. The van der Waals surface area contributed by atoms with E-state index in [2.05, 4.69) is 5.32 Å². The molecule has 0 spiro atoms. The van der Waals surface area contributed by atoms with Crippen molar-refractivity contribution in [2.75, 3.05) is 19.9 Å². The van der Waals surface area contributed by atoms with Crippen LogP contribution in [0.3, 0.4) is 0 Å². The van der Waals surface area contributed by atoms with Crippen molar-refractivity contribution in [3.63, 3.8) is 0 Å². The van der Waals surface area contributed by atoms with E-state index in [1.165, 1.54) is 6.07 Å². The number of benzene rings is 1. The second kappa shape index (κ2) is 6.44. The molecule has 6 heteroatoms. The van der Waals surface area contributed by atoms with Gasteiger partial charge in [0.1, 0.15) is 6.79 Å². The molecule has 1 atom stereocenters. The van der Waals surface area contributed by atoms with Gasteiger partial charge in [-0.05, 0) is 12.0 Å². The third kappa shape index (κ3) is 3.76. The van der Waals surface area contributed by atoms with Gasteiger partial charge in [-0.25, -0.2) is 0 Å². The molecule has 0 aromatic heterocycles. The molecule has 0 amide bonds. The van der Waals surface area contributed by atoms with Gasteiger partial charge < -0.3 is 14.8 Å². The lowest BCUT2D eigenvalue weighted by Crippen LogP contribution is -2.33. The van der Waals surface area contributed by atoms with Gasteiger partial charge >= 0.3 is 0 Å². The quantitative estimate of drug-likeness (QED) is 0.634. The second-order valence-corrected chi connectivity index (χ2v) is 4.16. The summed E-state index contributed by atoms with van der Waals surface area (Å²) in [6.07, 6.45) is 1.04. The highest BCUT2D eigenvalue weighted by molar-refractivity contribution is 5.34. The Labute approximate surface area is 105 Å². The highest BCUT2D eigenvalue weighted by atomic mass is 16.7. The second-order valence-electron chi connectivity index (χ2n) is 4.16. The Morgan fingerprint density at radius 1 is 1.50 bits per heavy atom. The van der Waals surface area contributed by atoms with Crippen molar-refractivity contribution >= 4 is 5.69 Å². The van der Waals surface area contributed by atoms with Gasteiger partial charge in [0.25, 0.3) is 5.69 Å². The van der Waals surface area contributed by atoms with Gasteiger partial charge in [0, 0.05) is 25.2 Å². The summed E-state index contributed by atoms with van der Waals surface area (Å²) in [6.45, 7) is 2.40. The van der Waals surface area contributed by atoms with Crippen LogP contribution < -0.4 is 5.32 Å². The minimum Gasteiger partial charge on any atom is -0.355 e. The molecule has 6 nitrogen and oxygen atoms in total. The first kappa shape index (κ1) is 12.9. The summed E-state index contributed by atoms with van der Waals surface area (Å²) in [6, 6.07) is 6.63. The van der Waals surface area contributed by atoms with Gasteiger partial charge in [0.15, 0.2) is 0 Å². The fraction of sp³-hybridized carbons (Fsp3) is 0.500. The van der Waals surface area contributed by atoms with Crippen molar-refractivity contribution in [3.05, 3.63) is 39.9 Å². The monoisotopic (exact) mass is 252 g/mol. The number of non-ortho nitro benzene ring substituents is 1. The minimum absolute atomic E-state index is 0.122. The standard InChI is InChI=1S/C12H16N2O4/c15-14(16)11-3-1-2-10(6-11)7-13-8-12-4-5-17-9-18-12/h1-3,6,12-13H,4-5,7-9H2. The third-order valence-electron chi connectivity index (χ3n) is 2.79. The molecule has 1 aliphatic rings. The Hall–Kier alpha value is -1.50. The van der Waals surface area contributed by atoms with Crippen LogP contribution in [0.25, 0.3) is 0 Å². The maximum absolute atomic E-state index is 10.6. The van der Waals surface area contributed by atoms with Gasteiger partial charge in [-0.2, -0.15) is 0 Å². The van der Waals surface area contributed by atoms with E-state index in [0.717, 1.165) is 25.1 Å². The van der Waals surface area contributed by atoms with E-state index in [9.17, 15) is 10.1 Å². The molecule has 0 aliphatic carbocycles. The molecule has 0 radical (unpaired) electrons. The van der Waals surface area contributed by atoms with Crippen molar-refractivity contribution in [3.8, 4) is 0 Å². The lowest BCUT2D eigenvalue weighted by atomic mass is 10.2. The van der Waals surface area contributed by atoms with E-state index >= 15 is 0 Å². The van der Waals surface area contributed by atoms with E-state index in [1.807, 2.05) is 6.07 Å². The molecule has 1 aliphatic heterocycles. The number of nitro groups is 1. The number of nitrogens with zero attached hydrogens (tertiary/aromatic N) is 1. The Bertz CT molecular complexity index is 405. The van der Waals surface area contributed by atoms with Crippen LogP contribution in [0.2, 0.25) is 0 Å². The smallest absolute Gasteiger partial charge is 0.269 e. The van der Waals surface area contributed by atoms with E-state index in [1.54, 1.807) is 12.1 Å². The molecular weight excluding hydrogens is 236 g/mol. The van der Waals surface area contributed by atoms with Gasteiger partial charge in [0.2, 0.25) is 0 Å². The maximum Gasteiger partial charge on any atom is 0.269 e. The molecule has 18 heavy (non-hydrogen) atoms. The number of ether oxygens (including phenoxy) is 2. The van der Waals surface area contributed by atoms with Crippen LogP contribution in [0.1, 0.15) is 12.0 Å². The Morgan fingerprint density at radius 2 is 2.39 bits per heavy atom. The predicted octanol–water partition coefficient (Wildman–Crippen LogP) is 1.45. The van der Waals surface area contributed by atoms with E-state index in [4.69, 9.17) is 9.47 Å². The van der Waals surface area contributed by atoms with Crippen molar-refractivity contribution < 1.29 is 14.4 Å². The molecule has 0 bridgehead atoms. The molecule has 1 heterocycles. The van der Waals surface area contributed by atoms with Crippen LogP contribution in [0.4, 0.5) is 5.69 Å². The van der Waals surface area contributed by atoms with Crippen LogP contribution in [-0.2, 0) is 16.0 Å². The maximum atomic E-state index is 10.6. The number of rotatable bonds is 5. The SMILES string of the molecule is O=[N+]([O-])c1cccc(CNCC2CCOCO2)c1. The van der Waals surface area contributed by atoms with Crippen molar-refractivity contribution in [2.45, 2.75) is 19.1 Å². The first-order valence-electron chi connectivity index (χ1n) is 5.89. The molecule has 1 N–H and O–H groups in total. The van der Waals surface area contributed by atoms with Gasteiger partial charge in [-0.15, -0.1) is 0 Å². The summed E-state index contributed by atoms with van der Waals surface area (Å²) in [5.74, 6) is 0. The highest BCUT2D eigenvalue weighted by Crippen LogP contribution is 2.13. The Kier molecular flexibility index (Phi) is 4.63. The Balaban J connectivity index is 1.78. The zero-order valence-electron chi connectivity index (χ0n) is 10.0. The molecule has 0 saturated carbocycles. The number of hydrogen-bond acceptors (Lipinski definition) is 5. The zero-order chi connectivity index (χ0) is 12.8. The number of nitro benzene ring substituents is 1. The largest absolute Gasteiger partial charge is 0.355 e. The first-order chi connectivity index (χ1) is 8.75. The van der Waals surface area contributed by atoms with Crippen LogP contribution in [-0.4, -0.2) is 31.0 Å². The summed E-state index contributed by atoms with van der Waals surface area (Å²) >= 11 is 0.